The van der Waals surface area contributed by atoms with E-state index in [1.807, 2.05) is 26.8 Å². The fourth-order valence-electron chi connectivity index (χ4n) is 1.50. The first-order valence-electron chi connectivity index (χ1n) is 4.48. The van der Waals surface area contributed by atoms with Crippen molar-refractivity contribution in [3.8, 4) is 0 Å². The van der Waals surface area contributed by atoms with Crippen LogP contribution in [0.3, 0.4) is 0 Å². The van der Waals surface area contributed by atoms with Gasteiger partial charge in [-0.2, -0.15) is 0 Å². The Hall–Kier alpha value is -1.11. The zero-order chi connectivity index (χ0) is 10.0. The number of hydrogen-bond acceptors (Lipinski definition) is 0. The van der Waals surface area contributed by atoms with Gasteiger partial charge in [0.15, 0.2) is 0 Å². The monoisotopic (exact) mass is 178 g/mol. The van der Waals surface area contributed by atoms with E-state index in [1.54, 1.807) is 6.07 Å². The molecular formula is C12H15F. The average molecular weight is 178 g/mol. The fraction of sp³-hybridized carbons (Fsp3) is 0.333. The van der Waals surface area contributed by atoms with Crippen molar-refractivity contribution < 1.29 is 4.39 Å². The van der Waals surface area contributed by atoms with Crippen LogP contribution >= 0.6 is 0 Å². The summed E-state index contributed by atoms with van der Waals surface area (Å²) in [7, 11) is 0. The van der Waals surface area contributed by atoms with Gasteiger partial charge in [-0.1, -0.05) is 38.1 Å². The summed E-state index contributed by atoms with van der Waals surface area (Å²) < 4.78 is 13.4. The van der Waals surface area contributed by atoms with Gasteiger partial charge in [-0.15, -0.1) is 0 Å². The number of hydrogen-bond donors (Lipinski definition) is 0. The third-order valence-electron chi connectivity index (χ3n) is 2.09. The summed E-state index contributed by atoms with van der Waals surface area (Å²) in [5.41, 5.74) is 2.63. The summed E-state index contributed by atoms with van der Waals surface area (Å²) in [5.74, 6) is 0.0726. The highest BCUT2D eigenvalue weighted by Crippen LogP contribution is 2.26. The maximum Gasteiger partial charge on any atom is 0.127 e. The van der Waals surface area contributed by atoms with Gasteiger partial charge in [0.25, 0.3) is 0 Å². The van der Waals surface area contributed by atoms with Crippen LogP contribution in [0.2, 0.25) is 0 Å². The maximum absolute atomic E-state index is 13.4. The van der Waals surface area contributed by atoms with Crippen molar-refractivity contribution in [3.63, 3.8) is 0 Å². The molecule has 0 aliphatic carbocycles. The highest BCUT2D eigenvalue weighted by Gasteiger charge is 2.11. The van der Waals surface area contributed by atoms with Gasteiger partial charge in [0, 0.05) is 0 Å². The molecule has 1 aromatic carbocycles. The molecule has 0 nitrogen and oxygen atoms in total. The lowest BCUT2D eigenvalue weighted by Crippen LogP contribution is -1.98. The first-order chi connectivity index (χ1) is 6.04. The summed E-state index contributed by atoms with van der Waals surface area (Å²) in [6.45, 7) is 9.73. The van der Waals surface area contributed by atoms with Crippen molar-refractivity contribution in [1.82, 2.24) is 0 Å². The van der Waals surface area contributed by atoms with Crippen molar-refractivity contribution in [2.45, 2.75) is 26.7 Å². The van der Waals surface area contributed by atoms with E-state index in [0.29, 0.717) is 0 Å². The molecule has 1 aromatic rings. The molecule has 0 radical (unpaired) electrons. The first-order valence-corrected chi connectivity index (χ1v) is 4.48. The van der Waals surface area contributed by atoms with Gasteiger partial charge in [-0.05, 0) is 30.0 Å². The van der Waals surface area contributed by atoms with Crippen LogP contribution in [0, 0.1) is 5.82 Å². The molecule has 0 spiro atoms. The largest absolute Gasteiger partial charge is 0.207 e. The second-order valence-corrected chi connectivity index (χ2v) is 3.64. The summed E-state index contributed by atoms with van der Waals surface area (Å²) in [6.07, 6.45) is 0. The Bertz CT molecular complexity index is 324. The number of rotatable bonds is 2. The second kappa shape index (κ2) is 3.73. The Morgan fingerprint density at radius 2 is 2.00 bits per heavy atom. The van der Waals surface area contributed by atoms with E-state index in [2.05, 4.69) is 6.58 Å². The number of halogens is 1. The quantitative estimate of drug-likeness (QED) is 0.642. The lowest BCUT2D eigenvalue weighted by Gasteiger charge is -2.13. The summed E-state index contributed by atoms with van der Waals surface area (Å²) in [6, 6.07) is 5.15. The normalized spacial score (nSPS) is 10.5. The van der Waals surface area contributed by atoms with Crippen LogP contribution in [0.1, 0.15) is 37.8 Å². The molecule has 0 aliphatic heterocycles. The molecule has 0 saturated heterocycles. The molecule has 0 bridgehead atoms. The Morgan fingerprint density at radius 3 is 2.38 bits per heavy atom. The van der Waals surface area contributed by atoms with E-state index >= 15 is 0 Å². The van der Waals surface area contributed by atoms with E-state index in [0.717, 1.165) is 16.7 Å². The highest BCUT2D eigenvalue weighted by molar-refractivity contribution is 5.65. The van der Waals surface area contributed by atoms with E-state index in [-0.39, 0.29) is 11.7 Å². The molecule has 1 rings (SSSR count). The van der Waals surface area contributed by atoms with Crippen molar-refractivity contribution in [2.24, 2.45) is 0 Å². The third-order valence-corrected chi connectivity index (χ3v) is 2.09. The Morgan fingerprint density at radius 1 is 1.38 bits per heavy atom. The molecule has 1 heteroatoms. The Balaban J connectivity index is 3.34. The fourth-order valence-corrected chi connectivity index (χ4v) is 1.50. The van der Waals surface area contributed by atoms with Crippen LogP contribution in [0.5, 0.6) is 0 Å². The van der Waals surface area contributed by atoms with Crippen molar-refractivity contribution in [3.05, 3.63) is 41.7 Å². The average Bonchev–Trinajstić information content (AvgIpc) is 2.02. The third kappa shape index (κ3) is 1.97. The molecule has 0 amide bonds. The van der Waals surface area contributed by atoms with Crippen LogP contribution in [0.15, 0.2) is 24.8 Å². The van der Waals surface area contributed by atoms with Gasteiger partial charge in [0.05, 0.1) is 0 Å². The molecule has 0 heterocycles. The zero-order valence-corrected chi connectivity index (χ0v) is 8.39. The molecule has 0 N–H and O–H groups in total. The van der Waals surface area contributed by atoms with E-state index in [4.69, 9.17) is 0 Å². The van der Waals surface area contributed by atoms with E-state index < -0.39 is 0 Å². The van der Waals surface area contributed by atoms with Gasteiger partial charge in [-0.3, -0.25) is 0 Å². The van der Waals surface area contributed by atoms with Crippen molar-refractivity contribution >= 4 is 5.57 Å². The van der Waals surface area contributed by atoms with E-state index in [9.17, 15) is 4.39 Å². The summed E-state index contributed by atoms with van der Waals surface area (Å²) in [5, 5.41) is 0. The lowest BCUT2D eigenvalue weighted by atomic mass is 9.93. The standard InChI is InChI=1S/C12H15F/c1-8(2)10-6-5-7-11(13)12(10)9(3)4/h5-7,9H,1H2,2-4H3. The minimum atomic E-state index is -0.129. The second-order valence-electron chi connectivity index (χ2n) is 3.64. The highest BCUT2D eigenvalue weighted by atomic mass is 19.1. The van der Waals surface area contributed by atoms with Gasteiger partial charge in [0.1, 0.15) is 5.82 Å². The van der Waals surface area contributed by atoms with Gasteiger partial charge < -0.3 is 0 Å². The maximum atomic E-state index is 13.4. The predicted molar refractivity (Wildman–Crippen MR) is 55.2 cm³/mol. The molecule has 0 unspecified atom stereocenters. The zero-order valence-electron chi connectivity index (χ0n) is 8.39. The first kappa shape index (κ1) is 9.97. The van der Waals surface area contributed by atoms with Gasteiger partial charge in [0.2, 0.25) is 0 Å². The minimum absolute atomic E-state index is 0.129. The summed E-state index contributed by atoms with van der Waals surface area (Å²) in [4.78, 5) is 0. The van der Waals surface area contributed by atoms with Gasteiger partial charge >= 0.3 is 0 Å². The smallest absolute Gasteiger partial charge is 0.127 e. The van der Waals surface area contributed by atoms with Crippen LogP contribution < -0.4 is 0 Å². The SMILES string of the molecule is C=C(C)c1cccc(F)c1C(C)C. The van der Waals surface area contributed by atoms with Crippen LogP contribution in [-0.2, 0) is 0 Å². The molecule has 0 aliphatic rings. The molecule has 0 saturated carbocycles. The molecule has 70 valence electrons. The van der Waals surface area contributed by atoms with Gasteiger partial charge in [-0.25, -0.2) is 4.39 Å². The molecule has 0 aromatic heterocycles. The Kier molecular flexibility index (Phi) is 2.86. The van der Waals surface area contributed by atoms with Crippen molar-refractivity contribution in [2.75, 3.05) is 0 Å². The van der Waals surface area contributed by atoms with Crippen molar-refractivity contribution in [1.29, 1.82) is 0 Å². The number of allylic oxidation sites excluding steroid dienone is 1. The number of benzene rings is 1. The van der Waals surface area contributed by atoms with Crippen LogP contribution in [0.25, 0.3) is 5.57 Å². The van der Waals surface area contributed by atoms with Crippen LogP contribution in [-0.4, -0.2) is 0 Å². The molecular weight excluding hydrogens is 163 g/mol. The lowest BCUT2D eigenvalue weighted by molar-refractivity contribution is 0.597. The summed E-state index contributed by atoms with van der Waals surface area (Å²) >= 11 is 0. The molecule has 0 fully saturated rings. The minimum Gasteiger partial charge on any atom is -0.207 e. The van der Waals surface area contributed by atoms with Crippen LogP contribution in [0.4, 0.5) is 4.39 Å². The molecule has 13 heavy (non-hydrogen) atoms. The topological polar surface area (TPSA) is 0 Å². The van der Waals surface area contributed by atoms with E-state index in [1.165, 1.54) is 6.07 Å². The molecule has 0 atom stereocenters. The Labute approximate surface area is 79.1 Å². The predicted octanol–water partition coefficient (Wildman–Crippen LogP) is 3.98.